The van der Waals surface area contributed by atoms with Gasteiger partial charge in [0.25, 0.3) is 0 Å². The van der Waals surface area contributed by atoms with Crippen LogP contribution in [-0.2, 0) is 0 Å². The summed E-state index contributed by atoms with van der Waals surface area (Å²) in [7, 11) is 0. The molecule has 1 aromatic rings. The van der Waals surface area contributed by atoms with Gasteiger partial charge < -0.3 is 15.1 Å². The first-order valence-electron chi connectivity index (χ1n) is 5.06. The van der Waals surface area contributed by atoms with Gasteiger partial charge in [-0.3, -0.25) is 0 Å². The number of rotatable bonds is 2. The second-order valence-corrected chi connectivity index (χ2v) is 4.01. The van der Waals surface area contributed by atoms with Crippen LogP contribution in [0.3, 0.4) is 0 Å². The number of nitrogens with zero attached hydrogens (tertiary/aromatic N) is 3. The van der Waals surface area contributed by atoms with Gasteiger partial charge in [-0.1, -0.05) is 6.92 Å². The zero-order valence-electron chi connectivity index (χ0n) is 8.87. The maximum atomic E-state index is 10.6. The molecule has 1 aliphatic heterocycles. The molecule has 1 fully saturated rings. The van der Waals surface area contributed by atoms with Gasteiger partial charge in [-0.25, -0.2) is 14.8 Å². The molecule has 0 radical (unpaired) electrons. The molecule has 1 saturated heterocycles. The van der Waals surface area contributed by atoms with E-state index in [2.05, 4.69) is 9.97 Å². The van der Waals surface area contributed by atoms with E-state index in [1.165, 1.54) is 12.4 Å². The Labute approximate surface area is 92.6 Å². The number of carboxylic acid groups (broad SMARTS) is 1. The Morgan fingerprint density at radius 2 is 2.19 bits per heavy atom. The van der Waals surface area contributed by atoms with Gasteiger partial charge >= 0.3 is 5.97 Å². The van der Waals surface area contributed by atoms with E-state index >= 15 is 0 Å². The number of carboxylic acids is 1. The number of aliphatic hydroxyl groups excluding tert-OH is 1. The van der Waals surface area contributed by atoms with Gasteiger partial charge in [0.1, 0.15) is 5.82 Å². The minimum Gasteiger partial charge on any atom is -0.476 e. The zero-order valence-corrected chi connectivity index (χ0v) is 8.87. The third-order valence-corrected chi connectivity index (χ3v) is 2.75. The predicted molar refractivity (Wildman–Crippen MR) is 56.4 cm³/mol. The molecule has 2 heterocycles. The summed E-state index contributed by atoms with van der Waals surface area (Å²) in [6, 6.07) is 0. The summed E-state index contributed by atoms with van der Waals surface area (Å²) < 4.78 is 0. The SMILES string of the molecule is C[C@@H]1CN(c2cnc(C(=O)O)cn2)C[C@H]1O. The maximum absolute atomic E-state index is 10.6. The van der Waals surface area contributed by atoms with Crippen molar-refractivity contribution in [2.24, 2.45) is 5.92 Å². The van der Waals surface area contributed by atoms with E-state index in [0.29, 0.717) is 18.9 Å². The van der Waals surface area contributed by atoms with Crippen molar-refractivity contribution in [3.63, 3.8) is 0 Å². The number of hydrogen-bond acceptors (Lipinski definition) is 5. The van der Waals surface area contributed by atoms with E-state index in [-0.39, 0.29) is 17.7 Å². The van der Waals surface area contributed by atoms with E-state index < -0.39 is 5.97 Å². The smallest absolute Gasteiger partial charge is 0.356 e. The number of β-amino-alcohol motifs (C(OH)–C–C–N with tert-alkyl or cyclic N) is 1. The average molecular weight is 223 g/mol. The Morgan fingerprint density at radius 1 is 1.44 bits per heavy atom. The molecule has 0 spiro atoms. The molecule has 2 rings (SSSR count). The molecule has 0 unspecified atom stereocenters. The van der Waals surface area contributed by atoms with Gasteiger partial charge in [-0.15, -0.1) is 0 Å². The quantitative estimate of drug-likeness (QED) is 0.733. The van der Waals surface area contributed by atoms with E-state index in [4.69, 9.17) is 5.11 Å². The molecule has 1 aromatic heterocycles. The van der Waals surface area contributed by atoms with Crippen molar-refractivity contribution in [3.05, 3.63) is 18.1 Å². The van der Waals surface area contributed by atoms with Crippen LogP contribution in [0.15, 0.2) is 12.4 Å². The number of carbonyl (C=O) groups is 1. The molecule has 0 saturated carbocycles. The van der Waals surface area contributed by atoms with Crippen LogP contribution in [0.25, 0.3) is 0 Å². The lowest BCUT2D eigenvalue weighted by molar-refractivity contribution is 0.0690. The van der Waals surface area contributed by atoms with E-state index in [1.54, 1.807) is 0 Å². The Balaban J connectivity index is 2.14. The Hall–Kier alpha value is -1.69. The number of hydrogen-bond donors (Lipinski definition) is 2. The third-order valence-electron chi connectivity index (χ3n) is 2.75. The van der Waals surface area contributed by atoms with Crippen LogP contribution in [0.5, 0.6) is 0 Å². The number of anilines is 1. The van der Waals surface area contributed by atoms with Crippen LogP contribution >= 0.6 is 0 Å². The third kappa shape index (κ3) is 1.96. The Morgan fingerprint density at radius 3 is 2.62 bits per heavy atom. The van der Waals surface area contributed by atoms with E-state index in [1.807, 2.05) is 11.8 Å². The van der Waals surface area contributed by atoms with Crippen molar-refractivity contribution < 1.29 is 15.0 Å². The zero-order chi connectivity index (χ0) is 11.7. The van der Waals surface area contributed by atoms with Crippen LogP contribution in [0.2, 0.25) is 0 Å². The van der Waals surface area contributed by atoms with Crippen molar-refractivity contribution in [3.8, 4) is 0 Å². The second kappa shape index (κ2) is 4.05. The molecule has 1 aliphatic rings. The maximum Gasteiger partial charge on any atom is 0.356 e. The highest BCUT2D eigenvalue weighted by atomic mass is 16.4. The standard InChI is InChI=1S/C10H13N3O3/c1-6-4-13(5-8(6)14)9-3-11-7(2-12-9)10(15)16/h2-3,6,8,14H,4-5H2,1H3,(H,15,16)/t6-,8-/m1/s1. The van der Waals surface area contributed by atoms with Crippen molar-refractivity contribution >= 4 is 11.8 Å². The van der Waals surface area contributed by atoms with E-state index in [0.717, 1.165) is 0 Å². The van der Waals surface area contributed by atoms with Crippen LogP contribution in [-0.4, -0.2) is 45.3 Å². The summed E-state index contributed by atoms with van der Waals surface area (Å²) in [5, 5.41) is 18.3. The van der Waals surface area contributed by atoms with Gasteiger partial charge in [0.05, 0.1) is 18.5 Å². The summed E-state index contributed by atoms with van der Waals surface area (Å²) in [6.45, 7) is 3.19. The first-order chi connectivity index (χ1) is 7.58. The topological polar surface area (TPSA) is 86.6 Å². The van der Waals surface area contributed by atoms with Crippen LogP contribution in [0.4, 0.5) is 5.82 Å². The Kier molecular flexibility index (Phi) is 2.74. The highest BCUT2D eigenvalue weighted by molar-refractivity contribution is 5.84. The molecule has 0 aromatic carbocycles. The van der Waals surface area contributed by atoms with Crippen LogP contribution in [0, 0.1) is 5.92 Å². The van der Waals surface area contributed by atoms with E-state index in [9.17, 15) is 9.90 Å². The molecule has 0 bridgehead atoms. The number of aromatic nitrogens is 2. The normalized spacial score (nSPS) is 24.8. The van der Waals surface area contributed by atoms with Gasteiger partial charge in [-0.05, 0) is 0 Å². The summed E-state index contributed by atoms with van der Waals surface area (Å²) in [6.07, 6.45) is 2.29. The van der Waals surface area contributed by atoms with Gasteiger partial charge in [0.15, 0.2) is 5.69 Å². The van der Waals surface area contributed by atoms with Crippen LogP contribution in [0.1, 0.15) is 17.4 Å². The molecule has 16 heavy (non-hydrogen) atoms. The number of aliphatic hydroxyl groups is 1. The van der Waals surface area contributed by atoms with Crippen molar-refractivity contribution in [1.82, 2.24) is 9.97 Å². The fourth-order valence-corrected chi connectivity index (χ4v) is 1.73. The Bertz CT molecular complexity index is 383. The lowest BCUT2D eigenvalue weighted by Gasteiger charge is -2.15. The lowest BCUT2D eigenvalue weighted by Crippen LogP contribution is -2.22. The largest absolute Gasteiger partial charge is 0.476 e. The molecule has 0 amide bonds. The monoisotopic (exact) mass is 223 g/mol. The molecular formula is C10H13N3O3. The highest BCUT2D eigenvalue weighted by Crippen LogP contribution is 2.21. The molecule has 6 heteroatoms. The van der Waals surface area contributed by atoms with Crippen molar-refractivity contribution in [2.45, 2.75) is 13.0 Å². The highest BCUT2D eigenvalue weighted by Gasteiger charge is 2.28. The molecule has 2 N–H and O–H groups in total. The molecule has 86 valence electrons. The van der Waals surface area contributed by atoms with Gasteiger partial charge in [0.2, 0.25) is 0 Å². The fourth-order valence-electron chi connectivity index (χ4n) is 1.73. The first-order valence-corrected chi connectivity index (χ1v) is 5.06. The summed E-state index contributed by atoms with van der Waals surface area (Å²) in [4.78, 5) is 20.3. The van der Waals surface area contributed by atoms with Gasteiger partial charge in [0, 0.05) is 19.0 Å². The summed E-state index contributed by atoms with van der Waals surface area (Å²) >= 11 is 0. The molecule has 2 atom stereocenters. The number of aromatic carboxylic acids is 1. The predicted octanol–water partition coefficient (Wildman–Crippen LogP) is -0.00820. The van der Waals surface area contributed by atoms with Crippen molar-refractivity contribution in [1.29, 1.82) is 0 Å². The average Bonchev–Trinajstić information content (AvgIpc) is 2.59. The summed E-state index contributed by atoms with van der Waals surface area (Å²) in [5.41, 5.74) is -0.0726. The second-order valence-electron chi connectivity index (χ2n) is 4.01. The fraction of sp³-hybridized carbons (Fsp3) is 0.500. The lowest BCUT2D eigenvalue weighted by atomic mass is 10.1. The summed E-state index contributed by atoms with van der Waals surface area (Å²) in [5.74, 6) is -0.289. The van der Waals surface area contributed by atoms with Crippen LogP contribution < -0.4 is 4.90 Å². The van der Waals surface area contributed by atoms with Crippen molar-refractivity contribution in [2.75, 3.05) is 18.0 Å². The minimum absolute atomic E-state index is 0.0726. The van der Waals surface area contributed by atoms with Gasteiger partial charge in [-0.2, -0.15) is 0 Å². The molecule has 6 nitrogen and oxygen atoms in total. The molecule has 0 aliphatic carbocycles. The molecular weight excluding hydrogens is 210 g/mol. The first kappa shape index (κ1) is 10.8. The minimum atomic E-state index is -1.09.